The van der Waals surface area contributed by atoms with Crippen molar-refractivity contribution in [3.05, 3.63) is 22.2 Å². The first-order chi connectivity index (χ1) is 7.15. The van der Waals surface area contributed by atoms with Crippen molar-refractivity contribution in [3.8, 4) is 11.5 Å². The lowest BCUT2D eigenvalue weighted by Gasteiger charge is -2.14. The molecule has 0 fully saturated rings. The third-order valence-electron chi connectivity index (χ3n) is 2.06. The van der Waals surface area contributed by atoms with E-state index in [-0.39, 0.29) is 6.54 Å². The summed E-state index contributed by atoms with van der Waals surface area (Å²) in [5, 5.41) is 0. The largest absolute Gasteiger partial charge is 0.493 e. The Hall–Kier alpha value is -0.810. The molecule has 1 unspecified atom stereocenters. The molecule has 5 heteroatoms. The minimum Gasteiger partial charge on any atom is -0.493 e. The molecule has 2 N–H and O–H groups in total. The molecule has 0 saturated carbocycles. The van der Waals surface area contributed by atoms with Crippen molar-refractivity contribution in [1.29, 1.82) is 0 Å². The molecule has 0 aromatic heterocycles. The van der Waals surface area contributed by atoms with Gasteiger partial charge in [-0.1, -0.05) is 6.07 Å². The molecular formula is C10H13BrFNO2. The molecule has 3 nitrogen and oxygen atoms in total. The second-order valence-corrected chi connectivity index (χ2v) is 3.70. The van der Waals surface area contributed by atoms with Crippen molar-refractivity contribution in [1.82, 2.24) is 0 Å². The highest BCUT2D eigenvalue weighted by atomic mass is 79.9. The SMILES string of the molecule is COc1ccc(C(F)CN)c(Br)c1OC. The van der Waals surface area contributed by atoms with Gasteiger partial charge in [0.2, 0.25) is 0 Å². The van der Waals surface area contributed by atoms with E-state index in [4.69, 9.17) is 15.2 Å². The topological polar surface area (TPSA) is 44.5 Å². The van der Waals surface area contributed by atoms with Gasteiger partial charge >= 0.3 is 0 Å². The smallest absolute Gasteiger partial charge is 0.175 e. The van der Waals surface area contributed by atoms with Crippen molar-refractivity contribution < 1.29 is 13.9 Å². The van der Waals surface area contributed by atoms with Crippen molar-refractivity contribution >= 4 is 15.9 Å². The van der Waals surface area contributed by atoms with Crippen LogP contribution < -0.4 is 15.2 Å². The highest BCUT2D eigenvalue weighted by Gasteiger charge is 2.18. The number of hydrogen-bond donors (Lipinski definition) is 1. The van der Waals surface area contributed by atoms with Crippen LogP contribution >= 0.6 is 15.9 Å². The predicted octanol–water partition coefficient (Wildman–Crippen LogP) is 2.44. The van der Waals surface area contributed by atoms with E-state index in [1.54, 1.807) is 12.1 Å². The van der Waals surface area contributed by atoms with Crippen LogP contribution in [0.4, 0.5) is 4.39 Å². The van der Waals surface area contributed by atoms with Crippen LogP contribution in [0.5, 0.6) is 11.5 Å². The Morgan fingerprint density at radius 1 is 1.40 bits per heavy atom. The molecule has 84 valence electrons. The lowest BCUT2D eigenvalue weighted by Crippen LogP contribution is -2.08. The van der Waals surface area contributed by atoms with E-state index in [0.29, 0.717) is 21.5 Å². The van der Waals surface area contributed by atoms with Crippen LogP contribution in [0.25, 0.3) is 0 Å². The van der Waals surface area contributed by atoms with E-state index in [1.807, 2.05) is 0 Å². The predicted molar refractivity (Wildman–Crippen MR) is 60.1 cm³/mol. The van der Waals surface area contributed by atoms with E-state index >= 15 is 0 Å². The lowest BCUT2D eigenvalue weighted by atomic mass is 10.1. The van der Waals surface area contributed by atoms with Crippen molar-refractivity contribution in [2.75, 3.05) is 20.8 Å². The zero-order valence-corrected chi connectivity index (χ0v) is 10.2. The molecule has 0 amide bonds. The molecule has 15 heavy (non-hydrogen) atoms. The van der Waals surface area contributed by atoms with Gasteiger partial charge in [-0.15, -0.1) is 0 Å². The summed E-state index contributed by atoms with van der Waals surface area (Å²) in [5.41, 5.74) is 5.73. The summed E-state index contributed by atoms with van der Waals surface area (Å²) in [7, 11) is 3.03. The highest BCUT2D eigenvalue weighted by molar-refractivity contribution is 9.10. The van der Waals surface area contributed by atoms with Crippen LogP contribution in [0, 0.1) is 0 Å². The molecule has 0 heterocycles. The van der Waals surface area contributed by atoms with Crippen LogP contribution in [0.15, 0.2) is 16.6 Å². The van der Waals surface area contributed by atoms with E-state index in [0.717, 1.165) is 0 Å². The maximum absolute atomic E-state index is 13.4. The van der Waals surface area contributed by atoms with Gasteiger partial charge in [-0.2, -0.15) is 0 Å². The average molecular weight is 278 g/mol. The maximum Gasteiger partial charge on any atom is 0.175 e. The summed E-state index contributed by atoms with van der Waals surface area (Å²) in [6, 6.07) is 3.28. The summed E-state index contributed by atoms with van der Waals surface area (Å²) in [4.78, 5) is 0. The maximum atomic E-state index is 13.4. The highest BCUT2D eigenvalue weighted by Crippen LogP contribution is 2.40. The second kappa shape index (κ2) is 5.32. The summed E-state index contributed by atoms with van der Waals surface area (Å²) in [5.74, 6) is 1.03. The number of halogens is 2. The molecule has 1 rings (SSSR count). The van der Waals surface area contributed by atoms with E-state index < -0.39 is 6.17 Å². The Morgan fingerprint density at radius 2 is 2.07 bits per heavy atom. The summed E-state index contributed by atoms with van der Waals surface area (Å²) in [6.07, 6.45) is -1.21. The quantitative estimate of drug-likeness (QED) is 0.920. The van der Waals surface area contributed by atoms with Gasteiger partial charge in [0, 0.05) is 12.1 Å². The van der Waals surface area contributed by atoms with Gasteiger partial charge in [0.05, 0.1) is 18.7 Å². The van der Waals surface area contributed by atoms with Gasteiger partial charge in [-0.25, -0.2) is 4.39 Å². The van der Waals surface area contributed by atoms with Gasteiger partial charge in [-0.3, -0.25) is 0 Å². The summed E-state index contributed by atoms with van der Waals surface area (Å²) in [6.45, 7) is -0.0614. The number of rotatable bonds is 4. The van der Waals surface area contributed by atoms with Crippen molar-refractivity contribution in [3.63, 3.8) is 0 Å². The molecule has 0 aliphatic carbocycles. The van der Waals surface area contributed by atoms with Crippen LogP contribution in [-0.2, 0) is 0 Å². The first-order valence-electron chi connectivity index (χ1n) is 4.40. The number of benzene rings is 1. The van der Waals surface area contributed by atoms with Crippen molar-refractivity contribution in [2.45, 2.75) is 6.17 Å². The van der Waals surface area contributed by atoms with Crippen molar-refractivity contribution in [2.24, 2.45) is 5.73 Å². The van der Waals surface area contributed by atoms with Gasteiger partial charge in [0.1, 0.15) is 6.17 Å². The minimum absolute atomic E-state index is 0.0614. The van der Waals surface area contributed by atoms with Gasteiger partial charge in [-0.05, 0) is 22.0 Å². The molecule has 0 spiro atoms. The number of hydrogen-bond acceptors (Lipinski definition) is 3. The first-order valence-corrected chi connectivity index (χ1v) is 5.19. The zero-order chi connectivity index (χ0) is 11.4. The fourth-order valence-corrected chi connectivity index (χ4v) is 2.01. The Kier molecular flexibility index (Phi) is 4.35. The number of alkyl halides is 1. The van der Waals surface area contributed by atoms with Gasteiger partial charge in [0.25, 0.3) is 0 Å². The standard InChI is InChI=1S/C10H13BrFNO2/c1-14-8-4-3-6(7(12)5-13)9(11)10(8)15-2/h3-4,7H,5,13H2,1-2H3. The number of ether oxygens (including phenoxy) is 2. The number of methoxy groups -OCH3 is 2. The lowest BCUT2D eigenvalue weighted by molar-refractivity contribution is 0.336. The van der Waals surface area contributed by atoms with E-state index in [1.165, 1.54) is 14.2 Å². The number of nitrogens with two attached hydrogens (primary N) is 1. The Morgan fingerprint density at radius 3 is 2.53 bits per heavy atom. The van der Waals surface area contributed by atoms with E-state index in [2.05, 4.69) is 15.9 Å². The summed E-state index contributed by atoms with van der Waals surface area (Å²) < 4.78 is 24.2. The van der Waals surface area contributed by atoms with Crippen LogP contribution in [-0.4, -0.2) is 20.8 Å². The Balaban J connectivity index is 3.22. The second-order valence-electron chi connectivity index (χ2n) is 2.91. The average Bonchev–Trinajstić information content (AvgIpc) is 2.27. The molecule has 0 radical (unpaired) electrons. The molecule has 0 bridgehead atoms. The monoisotopic (exact) mass is 277 g/mol. The van der Waals surface area contributed by atoms with Crippen LogP contribution in [0.3, 0.4) is 0 Å². The molecule has 1 aromatic rings. The fraction of sp³-hybridized carbons (Fsp3) is 0.400. The fourth-order valence-electron chi connectivity index (χ4n) is 1.27. The first kappa shape index (κ1) is 12.3. The molecular weight excluding hydrogens is 265 g/mol. The molecule has 0 aliphatic heterocycles. The Labute approximate surface area is 96.5 Å². The molecule has 0 saturated heterocycles. The summed E-state index contributed by atoms with van der Waals surface area (Å²) >= 11 is 3.27. The normalized spacial score (nSPS) is 12.3. The van der Waals surface area contributed by atoms with Gasteiger partial charge < -0.3 is 15.2 Å². The molecule has 1 atom stereocenters. The van der Waals surface area contributed by atoms with Crippen LogP contribution in [0.1, 0.15) is 11.7 Å². The minimum atomic E-state index is -1.21. The third kappa shape index (κ3) is 2.41. The van der Waals surface area contributed by atoms with Crippen LogP contribution in [0.2, 0.25) is 0 Å². The van der Waals surface area contributed by atoms with E-state index in [9.17, 15) is 4.39 Å². The molecule has 0 aliphatic rings. The zero-order valence-electron chi connectivity index (χ0n) is 8.59. The molecule has 1 aromatic carbocycles. The Bertz CT molecular complexity index is 346. The van der Waals surface area contributed by atoms with Gasteiger partial charge in [0.15, 0.2) is 11.5 Å². The third-order valence-corrected chi connectivity index (χ3v) is 2.88.